The molecule has 8 heteroatoms. The van der Waals surface area contributed by atoms with Gasteiger partial charge in [-0.15, -0.1) is 0 Å². The molecule has 31 heavy (non-hydrogen) atoms. The van der Waals surface area contributed by atoms with Gasteiger partial charge in [-0.05, 0) is 44.5 Å². The number of aryl methyl sites for hydroxylation is 2. The molecule has 160 valence electrons. The fraction of sp³-hybridized carbons (Fsp3) is 0.304. The minimum absolute atomic E-state index is 0.00159. The van der Waals surface area contributed by atoms with E-state index in [-0.39, 0.29) is 23.1 Å². The molecule has 3 heterocycles. The Morgan fingerprint density at radius 2 is 1.94 bits per heavy atom. The van der Waals surface area contributed by atoms with Crippen LogP contribution in [0.15, 0.2) is 52.3 Å². The van der Waals surface area contributed by atoms with Crippen molar-refractivity contribution in [1.29, 1.82) is 0 Å². The molecule has 0 aliphatic carbocycles. The summed E-state index contributed by atoms with van der Waals surface area (Å²) in [6.45, 7) is 4.82. The predicted octanol–water partition coefficient (Wildman–Crippen LogP) is 3.72. The Kier molecular flexibility index (Phi) is 4.62. The molecule has 0 saturated carbocycles. The van der Waals surface area contributed by atoms with E-state index in [1.165, 1.54) is 15.6 Å². The highest BCUT2D eigenvalue weighted by Gasteiger charge is 2.31. The SMILES string of the molecule is CCn1c2ccccc2c2cc(N=Cc3c(C)[nH]n(C4CCS(=O)(=O)C4)c3=O)ccc21. The predicted molar refractivity (Wildman–Crippen MR) is 124 cm³/mol. The third-order valence-electron chi connectivity index (χ3n) is 6.13. The van der Waals surface area contributed by atoms with Crippen molar-refractivity contribution in [2.75, 3.05) is 11.5 Å². The zero-order chi connectivity index (χ0) is 21.8. The zero-order valence-corrected chi connectivity index (χ0v) is 18.3. The number of H-pyrrole nitrogens is 1. The molecular weight excluding hydrogens is 412 g/mol. The minimum atomic E-state index is -3.07. The van der Waals surface area contributed by atoms with Crippen LogP contribution in [0.5, 0.6) is 0 Å². The van der Waals surface area contributed by atoms with Crippen LogP contribution in [-0.4, -0.2) is 40.5 Å². The first kappa shape index (κ1) is 19.8. The van der Waals surface area contributed by atoms with Crippen LogP contribution in [0.2, 0.25) is 0 Å². The second-order valence-corrected chi connectivity index (χ2v) is 10.3. The van der Waals surface area contributed by atoms with Gasteiger partial charge in [0.2, 0.25) is 0 Å². The number of nitrogens with one attached hydrogen (secondary N) is 1. The van der Waals surface area contributed by atoms with Gasteiger partial charge in [-0.2, -0.15) is 0 Å². The molecule has 0 spiro atoms. The van der Waals surface area contributed by atoms with Crippen molar-refractivity contribution in [1.82, 2.24) is 14.3 Å². The standard InChI is InChI=1S/C23H24N4O3S/c1-3-26-21-7-5-4-6-18(21)19-12-16(8-9-22(19)26)24-13-20-15(2)25-27(23(20)28)17-10-11-31(29,30)14-17/h4-9,12-13,17,25H,3,10-11,14H2,1-2H3. The van der Waals surface area contributed by atoms with Crippen molar-refractivity contribution in [3.8, 4) is 0 Å². The topological polar surface area (TPSA) is 89.2 Å². The van der Waals surface area contributed by atoms with E-state index in [0.717, 1.165) is 23.1 Å². The normalized spacial score (nSPS) is 18.6. The van der Waals surface area contributed by atoms with Gasteiger partial charge in [0.1, 0.15) is 0 Å². The lowest BCUT2D eigenvalue weighted by molar-refractivity contribution is 0.483. The van der Waals surface area contributed by atoms with E-state index in [4.69, 9.17) is 0 Å². The van der Waals surface area contributed by atoms with Crippen LogP contribution in [0.25, 0.3) is 21.8 Å². The highest BCUT2D eigenvalue weighted by Crippen LogP contribution is 2.31. The van der Waals surface area contributed by atoms with E-state index in [1.54, 1.807) is 13.1 Å². The van der Waals surface area contributed by atoms with Gasteiger partial charge >= 0.3 is 0 Å². The first-order chi connectivity index (χ1) is 14.9. The second-order valence-electron chi connectivity index (χ2n) is 8.10. The van der Waals surface area contributed by atoms with Gasteiger partial charge in [0.25, 0.3) is 5.56 Å². The quantitative estimate of drug-likeness (QED) is 0.495. The van der Waals surface area contributed by atoms with Gasteiger partial charge in [-0.3, -0.25) is 14.9 Å². The number of aromatic amines is 1. The smallest absolute Gasteiger partial charge is 0.275 e. The number of hydrogen-bond acceptors (Lipinski definition) is 4. The van der Waals surface area contributed by atoms with Gasteiger partial charge in [-0.1, -0.05) is 18.2 Å². The monoisotopic (exact) mass is 436 g/mol. The number of rotatable bonds is 4. The molecule has 0 bridgehead atoms. The number of benzene rings is 2. The number of nitrogens with zero attached hydrogens (tertiary/aromatic N) is 3. The van der Waals surface area contributed by atoms with Crippen LogP contribution in [0.4, 0.5) is 5.69 Å². The Morgan fingerprint density at radius 1 is 1.16 bits per heavy atom. The lowest BCUT2D eigenvalue weighted by atomic mass is 10.1. The lowest BCUT2D eigenvalue weighted by Crippen LogP contribution is -2.25. The molecular formula is C23H24N4O3S. The van der Waals surface area contributed by atoms with Gasteiger partial charge in [0.05, 0.1) is 28.8 Å². The van der Waals surface area contributed by atoms with E-state index in [0.29, 0.717) is 17.7 Å². The Bertz CT molecular complexity index is 1510. The number of sulfone groups is 1. The van der Waals surface area contributed by atoms with Gasteiger partial charge in [0, 0.05) is 40.3 Å². The van der Waals surface area contributed by atoms with Crippen LogP contribution >= 0.6 is 0 Å². The Hall–Kier alpha value is -3.13. The van der Waals surface area contributed by atoms with Crippen LogP contribution in [0.3, 0.4) is 0 Å². The zero-order valence-electron chi connectivity index (χ0n) is 17.5. The van der Waals surface area contributed by atoms with Crippen molar-refractivity contribution in [2.45, 2.75) is 32.9 Å². The van der Waals surface area contributed by atoms with Crippen molar-refractivity contribution >= 4 is 43.5 Å². The summed E-state index contributed by atoms with van der Waals surface area (Å²) in [5, 5.41) is 5.35. The molecule has 2 aromatic carbocycles. The second kappa shape index (κ2) is 7.23. The number of fused-ring (bicyclic) bond motifs is 3. The average Bonchev–Trinajstić information content (AvgIpc) is 3.37. The van der Waals surface area contributed by atoms with E-state index >= 15 is 0 Å². The summed E-state index contributed by atoms with van der Waals surface area (Å²) in [6.07, 6.45) is 2.03. The molecule has 1 aliphatic heterocycles. The molecule has 0 radical (unpaired) electrons. The van der Waals surface area contributed by atoms with Crippen LogP contribution in [0, 0.1) is 6.92 Å². The summed E-state index contributed by atoms with van der Waals surface area (Å²) in [7, 11) is -3.07. The highest BCUT2D eigenvalue weighted by atomic mass is 32.2. The minimum Gasteiger partial charge on any atom is -0.341 e. The maximum atomic E-state index is 12.9. The van der Waals surface area contributed by atoms with Crippen molar-refractivity contribution in [2.24, 2.45) is 4.99 Å². The van der Waals surface area contributed by atoms with Crippen molar-refractivity contribution in [3.05, 3.63) is 64.1 Å². The fourth-order valence-corrected chi connectivity index (χ4v) is 6.27. The molecule has 1 fully saturated rings. The summed E-state index contributed by atoms with van der Waals surface area (Å²) in [5.74, 6) is 0.124. The fourth-order valence-electron chi connectivity index (χ4n) is 4.57. The molecule has 2 aromatic heterocycles. The van der Waals surface area contributed by atoms with E-state index < -0.39 is 9.84 Å². The third-order valence-corrected chi connectivity index (χ3v) is 7.88. The van der Waals surface area contributed by atoms with Gasteiger partial charge in [-0.25, -0.2) is 13.1 Å². The van der Waals surface area contributed by atoms with Crippen LogP contribution in [-0.2, 0) is 16.4 Å². The molecule has 1 N–H and O–H groups in total. The van der Waals surface area contributed by atoms with E-state index in [9.17, 15) is 13.2 Å². The van der Waals surface area contributed by atoms with Gasteiger partial charge in [0.15, 0.2) is 9.84 Å². The van der Waals surface area contributed by atoms with E-state index in [1.807, 2.05) is 24.3 Å². The molecule has 7 nitrogen and oxygen atoms in total. The first-order valence-electron chi connectivity index (χ1n) is 10.4. The highest BCUT2D eigenvalue weighted by molar-refractivity contribution is 7.91. The number of aromatic nitrogens is 3. The molecule has 1 atom stereocenters. The maximum absolute atomic E-state index is 12.9. The number of hydrogen-bond donors (Lipinski definition) is 1. The first-order valence-corrected chi connectivity index (χ1v) is 12.3. The van der Waals surface area contributed by atoms with Crippen LogP contribution in [0.1, 0.15) is 30.6 Å². The Morgan fingerprint density at radius 3 is 2.68 bits per heavy atom. The number of aliphatic imine (C=N–C) groups is 1. The average molecular weight is 437 g/mol. The molecule has 0 amide bonds. The summed E-state index contributed by atoms with van der Waals surface area (Å²) in [6, 6.07) is 14.0. The van der Waals surface area contributed by atoms with Crippen molar-refractivity contribution in [3.63, 3.8) is 0 Å². The van der Waals surface area contributed by atoms with Crippen LogP contribution < -0.4 is 5.56 Å². The summed E-state index contributed by atoms with van der Waals surface area (Å²) in [4.78, 5) is 17.5. The Labute approximate surface area is 179 Å². The summed E-state index contributed by atoms with van der Waals surface area (Å²) < 4.78 is 27.3. The van der Waals surface area contributed by atoms with Crippen molar-refractivity contribution < 1.29 is 8.42 Å². The molecule has 1 saturated heterocycles. The van der Waals surface area contributed by atoms with Gasteiger partial charge < -0.3 is 4.57 Å². The summed E-state index contributed by atoms with van der Waals surface area (Å²) >= 11 is 0. The molecule has 4 aromatic rings. The summed E-state index contributed by atoms with van der Waals surface area (Å²) in [5.41, 5.74) is 4.03. The molecule has 1 unspecified atom stereocenters. The Balaban J connectivity index is 1.53. The third kappa shape index (κ3) is 3.31. The maximum Gasteiger partial charge on any atom is 0.275 e. The lowest BCUT2D eigenvalue weighted by Gasteiger charge is -2.07. The largest absolute Gasteiger partial charge is 0.341 e. The molecule has 5 rings (SSSR count). The molecule has 1 aliphatic rings. The van der Waals surface area contributed by atoms with E-state index in [2.05, 4.69) is 39.8 Å². The number of para-hydroxylation sites is 1.